The molecule has 0 bridgehead atoms. The fourth-order valence-electron chi connectivity index (χ4n) is 3.19. The summed E-state index contributed by atoms with van der Waals surface area (Å²) in [6.45, 7) is 1.01. The number of ether oxygens (including phenoxy) is 4. The van der Waals surface area contributed by atoms with Crippen LogP contribution in [0.1, 0.15) is 28.5 Å². The highest BCUT2D eigenvalue weighted by molar-refractivity contribution is 5.67. The highest BCUT2D eigenvalue weighted by Crippen LogP contribution is 2.34. The van der Waals surface area contributed by atoms with E-state index in [1.165, 1.54) is 0 Å². The molecule has 1 N–H and O–H groups in total. The maximum atomic E-state index is 11.9. The first-order valence-corrected chi connectivity index (χ1v) is 9.70. The molecule has 0 aromatic heterocycles. The SMILES string of the molecule is COc1cccc(C2OCc3cc(COC(=O)NCc4ccccc4)ccc3O2)c1. The Kier molecular flexibility index (Phi) is 6.15. The van der Waals surface area contributed by atoms with E-state index in [0.29, 0.717) is 13.2 Å². The highest BCUT2D eigenvalue weighted by atomic mass is 16.7. The van der Waals surface area contributed by atoms with Gasteiger partial charge in [-0.1, -0.05) is 48.5 Å². The zero-order chi connectivity index (χ0) is 20.8. The van der Waals surface area contributed by atoms with E-state index in [-0.39, 0.29) is 6.61 Å². The van der Waals surface area contributed by atoms with Gasteiger partial charge in [0, 0.05) is 17.7 Å². The Labute approximate surface area is 175 Å². The molecule has 1 aliphatic rings. The third kappa shape index (κ3) is 4.90. The molecule has 0 saturated carbocycles. The summed E-state index contributed by atoms with van der Waals surface area (Å²) in [7, 11) is 1.63. The second-order valence-corrected chi connectivity index (χ2v) is 6.89. The molecule has 30 heavy (non-hydrogen) atoms. The average molecular weight is 405 g/mol. The Bertz CT molecular complexity index is 1010. The van der Waals surface area contributed by atoms with Crippen molar-refractivity contribution in [3.05, 3.63) is 95.1 Å². The van der Waals surface area contributed by atoms with Crippen molar-refractivity contribution in [2.45, 2.75) is 26.0 Å². The Morgan fingerprint density at radius 2 is 1.90 bits per heavy atom. The smallest absolute Gasteiger partial charge is 0.407 e. The fraction of sp³-hybridized carbons (Fsp3) is 0.208. The molecule has 4 rings (SSSR count). The van der Waals surface area contributed by atoms with Crippen LogP contribution in [-0.2, 0) is 29.2 Å². The van der Waals surface area contributed by atoms with Crippen LogP contribution >= 0.6 is 0 Å². The van der Waals surface area contributed by atoms with E-state index in [1.807, 2.05) is 72.8 Å². The lowest BCUT2D eigenvalue weighted by molar-refractivity contribution is -0.111. The Morgan fingerprint density at radius 1 is 1.03 bits per heavy atom. The Hall–Kier alpha value is -3.51. The molecular weight excluding hydrogens is 382 g/mol. The van der Waals surface area contributed by atoms with E-state index in [4.69, 9.17) is 18.9 Å². The molecule has 1 aliphatic heterocycles. The van der Waals surface area contributed by atoms with Gasteiger partial charge in [-0.2, -0.15) is 0 Å². The van der Waals surface area contributed by atoms with Crippen molar-refractivity contribution in [2.75, 3.05) is 7.11 Å². The summed E-state index contributed by atoms with van der Waals surface area (Å²) in [4.78, 5) is 11.9. The summed E-state index contributed by atoms with van der Waals surface area (Å²) in [6.07, 6.45) is -0.944. The molecule has 0 fully saturated rings. The largest absolute Gasteiger partial charge is 0.497 e. The number of benzene rings is 3. The van der Waals surface area contributed by atoms with E-state index >= 15 is 0 Å². The molecule has 0 radical (unpaired) electrons. The molecule has 1 unspecified atom stereocenters. The molecule has 6 nitrogen and oxygen atoms in total. The van der Waals surface area contributed by atoms with Gasteiger partial charge < -0.3 is 24.3 Å². The van der Waals surface area contributed by atoms with Gasteiger partial charge in [0.05, 0.1) is 13.7 Å². The van der Waals surface area contributed by atoms with E-state index in [2.05, 4.69) is 5.32 Å². The van der Waals surface area contributed by atoms with Gasteiger partial charge in [-0.05, 0) is 35.4 Å². The molecule has 6 heteroatoms. The van der Waals surface area contributed by atoms with Gasteiger partial charge in [0.15, 0.2) is 0 Å². The van der Waals surface area contributed by atoms with Crippen molar-refractivity contribution in [1.82, 2.24) is 5.32 Å². The summed E-state index contributed by atoms with van der Waals surface area (Å²) in [5, 5.41) is 2.74. The van der Waals surface area contributed by atoms with Gasteiger partial charge in [-0.15, -0.1) is 0 Å². The number of carbonyl (C=O) groups excluding carboxylic acids is 1. The van der Waals surface area contributed by atoms with Crippen LogP contribution in [0.2, 0.25) is 0 Å². The van der Waals surface area contributed by atoms with Gasteiger partial charge in [0.25, 0.3) is 0 Å². The van der Waals surface area contributed by atoms with Gasteiger partial charge in [0.2, 0.25) is 6.29 Å². The van der Waals surface area contributed by atoms with Crippen LogP contribution in [0.5, 0.6) is 11.5 Å². The van der Waals surface area contributed by atoms with E-state index in [0.717, 1.165) is 33.8 Å². The molecule has 154 valence electrons. The Morgan fingerprint density at radius 3 is 2.73 bits per heavy atom. The first kappa shape index (κ1) is 19.8. The van der Waals surface area contributed by atoms with Crippen molar-refractivity contribution in [1.29, 1.82) is 0 Å². The molecule has 0 spiro atoms. The van der Waals surface area contributed by atoms with Crippen LogP contribution < -0.4 is 14.8 Å². The maximum Gasteiger partial charge on any atom is 0.407 e. The minimum Gasteiger partial charge on any atom is -0.497 e. The monoisotopic (exact) mass is 405 g/mol. The number of methoxy groups -OCH3 is 1. The predicted octanol–water partition coefficient (Wildman–Crippen LogP) is 4.73. The molecule has 1 atom stereocenters. The van der Waals surface area contributed by atoms with E-state index < -0.39 is 12.4 Å². The molecule has 3 aromatic carbocycles. The van der Waals surface area contributed by atoms with Gasteiger partial charge in [-0.3, -0.25) is 0 Å². The van der Waals surface area contributed by atoms with Crippen LogP contribution in [-0.4, -0.2) is 13.2 Å². The first-order valence-electron chi connectivity index (χ1n) is 9.70. The van der Waals surface area contributed by atoms with E-state index in [9.17, 15) is 4.79 Å². The number of carbonyl (C=O) groups is 1. The summed E-state index contributed by atoms with van der Waals surface area (Å²) in [6, 6.07) is 23.0. The van der Waals surface area contributed by atoms with Crippen LogP contribution in [0.25, 0.3) is 0 Å². The Balaban J connectivity index is 1.32. The van der Waals surface area contributed by atoms with Crippen molar-refractivity contribution in [3.8, 4) is 11.5 Å². The molecule has 3 aromatic rings. The summed E-state index contributed by atoms with van der Waals surface area (Å²) in [5.74, 6) is 1.51. The summed E-state index contributed by atoms with van der Waals surface area (Å²) < 4.78 is 22.4. The van der Waals surface area contributed by atoms with Crippen LogP contribution in [0.4, 0.5) is 4.79 Å². The standard InChI is InChI=1S/C24H23NO5/c1-27-21-9-5-8-19(13-21)23-28-16-20-12-18(10-11-22(20)30-23)15-29-24(26)25-14-17-6-3-2-4-7-17/h2-13,23H,14-16H2,1H3,(H,25,26). The lowest BCUT2D eigenvalue weighted by Gasteiger charge is -2.27. The fourth-order valence-corrected chi connectivity index (χ4v) is 3.19. The number of nitrogens with one attached hydrogen (secondary N) is 1. The van der Waals surface area contributed by atoms with Crippen LogP contribution in [0, 0.1) is 0 Å². The number of hydrogen-bond donors (Lipinski definition) is 1. The van der Waals surface area contributed by atoms with Crippen molar-refractivity contribution in [2.24, 2.45) is 0 Å². The average Bonchev–Trinajstić information content (AvgIpc) is 2.81. The van der Waals surface area contributed by atoms with Crippen molar-refractivity contribution in [3.63, 3.8) is 0 Å². The molecule has 0 aliphatic carbocycles. The maximum absolute atomic E-state index is 11.9. The number of hydrogen-bond acceptors (Lipinski definition) is 5. The van der Waals surface area contributed by atoms with E-state index in [1.54, 1.807) is 7.11 Å². The topological polar surface area (TPSA) is 66.0 Å². The van der Waals surface area contributed by atoms with Crippen LogP contribution in [0.15, 0.2) is 72.8 Å². The zero-order valence-corrected chi connectivity index (χ0v) is 16.7. The number of rotatable bonds is 6. The lowest BCUT2D eigenvalue weighted by Crippen LogP contribution is -2.23. The minimum atomic E-state index is -0.488. The van der Waals surface area contributed by atoms with Crippen molar-refractivity contribution < 1.29 is 23.7 Å². The minimum absolute atomic E-state index is 0.174. The normalized spacial score (nSPS) is 14.9. The number of alkyl carbamates (subject to hydrolysis) is 1. The quantitative estimate of drug-likeness (QED) is 0.642. The molecular formula is C24H23NO5. The zero-order valence-electron chi connectivity index (χ0n) is 16.7. The molecule has 1 amide bonds. The second kappa shape index (κ2) is 9.33. The highest BCUT2D eigenvalue weighted by Gasteiger charge is 2.22. The lowest BCUT2D eigenvalue weighted by atomic mass is 10.1. The van der Waals surface area contributed by atoms with Gasteiger partial charge in [-0.25, -0.2) is 4.79 Å². The first-order chi connectivity index (χ1) is 14.7. The summed E-state index contributed by atoms with van der Waals surface area (Å²) in [5.41, 5.74) is 3.70. The van der Waals surface area contributed by atoms with Gasteiger partial charge in [0.1, 0.15) is 18.1 Å². The number of amides is 1. The summed E-state index contributed by atoms with van der Waals surface area (Å²) >= 11 is 0. The van der Waals surface area contributed by atoms with Crippen LogP contribution in [0.3, 0.4) is 0 Å². The van der Waals surface area contributed by atoms with Gasteiger partial charge >= 0.3 is 6.09 Å². The third-order valence-electron chi connectivity index (χ3n) is 4.76. The molecule has 1 heterocycles. The number of fused-ring (bicyclic) bond motifs is 1. The predicted molar refractivity (Wildman–Crippen MR) is 111 cm³/mol. The third-order valence-corrected chi connectivity index (χ3v) is 4.76. The second-order valence-electron chi connectivity index (χ2n) is 6.89. The molecule has 0 saturated heterocycles. The van der Waals surface area contributed by atoms with Crippen molar-refractivity contribution >= 4 is 6.09 Å².